The first-order chi connectivity index (χ1) is 20.9. The Balaban J connectivity index is 1.49. The van der Waals surface area contributed by atoms with Gasteiger partial charge in [0.05, 0.1) is 6.04 Å². The van der Waals surface area contributed by atoms with Gasteiger partial charge in [-0.15, -0.1) is 0 Å². The number of amides is 3. The van der Waals surface area contributed by atoms with Crippen molar-refractivity contribution in [2.24, 2.45) is 5.73 Å². The number of aromatic amines is 1. The van der Waals surface area contributed by atoms with E-state index in [4.69, 9.17) is 5.73 Å². The van der Waals surface area contributed by atoms with Crippen LogP contribution < -0.4 is 21.7 Å². The van der Waals surface area contributed by atoms with Gasteiger partial charge in [0.2, 0.25) is 17.7 Å². The predicted molar refractivity (Wildman–Crippen MR) is 166 cm³/mol. The summed E-state index contributed by atoms with van der Waals surface area (Å²) in [6.07, 6.45) is 0.261. The van der Waals surface area contributed by atoms with E-state index < -0.39 is 47.4 Å². The van der Waals surface area contributed by atoms with Gasteiger partial charge in [-0.3, -0.25) is 14.4 Å². The Bertz CT molecular complexity index is 1580. The van der Waals surface area contributed by atoms with E-state index >= 15 is 0 Å². The zero-order valence-electron chi connectivity index (χ0n) is 24.5. The Hall–Kier alpha value is -5.16. The molecule has 1 heterocycles. The Morgan fingerprint density at radius 3 is 2.09 bits per heavy atom. The number of nitrogens with one attached hydrogen (secondary N) is 4. The molecule has 3 aromatic carbocycles. The maximum Gasteiger partial charge on any atom is 0.326 e. The molecule has 1 aromatic heterocycles. The van der Waals surface area contributed by atoms with Gasteiger partial charge in [-0.2, -0.15) is 0 Å². The van der Waals surface area contributed by atoms with Crippen LogP contribution in [0.15, 0.2) is 84.9 Å². The molecule has 0 fully saturated rings. The number of para-hydroxylation sites is 1. The van der Waals surface area contributed by atoms with Crippen LogP contribution >= 0.6 is 0 Å². The number of rotatable bonds is 13. The number of hydrogen-bond donors (Lipinski definition) is 7. The number of carbonyl (C=O) groups is 4. The highest BCUT2D eigenvalue weighted by atomic mass is 16.4. The average molecular weight is 600 g/mol. The van der Waals surface area contributed by atoms with Gasteiger partial charge in [-0.05, 0) is 61.0 Å². The van der Waals surface area contributed by atoms with Crippen molar-refractivity contribution in [2.75, 3.05) is 0 Å². The Kier molecular flexibility index (Phi) is 10.0. The fourth-order valence-corrected chi connectivity index (χ4v) is 4.77. The number of aliphatic carboxylic acids is 1. The van der Waals surface area contributed by atoms with E-state index in [1.54, 1.807) is 36.4 Å². The summed E-state index contributed by atoms with van der Waals surface area (Å²) in [7, 11) is 0. The van der Waals surface area contributed by atoms with Crippen LogP contribution in [0.25, 0.3) is 10.9 Å². The summed E-state index contributed by atoms with van der Waals surface area (Å²) in [5.41, 5.74) is 7.58. The van der Waals surface area contributed by atoms with Crippen molar-refractivity contribution >= 4 is 34.6 Å². The van der Waals surface area contributed by atoms with Gasteiger partial charge in [-0.1, -0.05) is 60.7 Å². The SMILES string of the molecule is CC(C)(NC(=O)[C@@H](N)Cc1ccc(O)cc1)C(=O)N[C@@H](Cc1cc2ccccc2[nH]1)C(=O)N[C@@H](Cc1ccccc1)C(=O)O. The number of aromatic nitrogens is 1. The summed E-state index contributed by atoms with van der Waals surface area (Å²) >= 11 is 0. The highest BCUT2D eigenvalue weighted by Gasteiger charge is 2.35. The van der Waals surface area contributed by atoms with Gasteiger partial charge in [-0.25, -0.2) is 4.79 Å². The Labute approximate surface area is 254 Å². The molecule has 0 aliphatic rings. The highest BCUT2D eigenvalue weighted by Crippen LogP contribution is 2.17. The zero-order chi connectivity index (χ0) is 31.9. The molecule has 44 heavy (non-hydrogen) atoms. The number of aromatic hydroxyl groups is 1. The lowest BCUT2D eigenvalue weighted by Gasteiger charge is -2.29. The zero-order valence-corrected chi connectivity index (χ0v) is 24.5. The van der Waals surface area contributed by atoms with Gasteiger partial charge < -0.3 is 36.9 Å². The molecular formula is C33H37N5O6. The number of nitrogens with two attached hydrogens (primary N) is 1. The van der Waals surface area contributed by atoms with Crippen molar-refractivity contribution in [1.29, 1.82) is 0 Å². The van der Waals surface area contributed by atoms with Gasteiger partial charge in [0, 0.05) is 24.1 Å². The Morgan fingerprint density at radius 1 is 0.795 bits per heavy atom. The van der Waals surface area contributed by atoms with Crippen molar-refractivity contribution in [3.05, 3.63) is 102 Å². The van der Waals surface area contributed by atoms with Crippen molar-refractivity contribution in [1.82, 2.24) is 20.9 Å². The molecule has 4 aromatic rings. The van der Waals surface area contributed by atoms with Crippen LogP contribution in [0, 0.1) is 0 Å². The molecule has 8 N–H and O–H groups in total. The lowest BCUT2D eigenvalue weighted by Crippen LogP contribution is -2.62. The van der Waals surface area contributed by atoms with Gasteiger partial charge in [0.1, 0.15) is 23.4 Å². The van der Waals surface area contributed by atoms with E-state index in [0.29, 0.717) is 5.69 Å². The molecule has 0 aliphatic carbocycles. The third kappa shape index (κ3) is 8.45. The fraction of sp³-hybridized carbons (Fsp3) is 0.273. The molecule has 0 saturated heterocycles. The topological polar surface area (TPSA) is 187 Å². The molecule has 0 spiro atoms. The summed E-state index contributed by atoms with van der Waals surface area (Å²) in [6, 6.07) is 21.2. The molecule has 0 aliphatic heterocycles. The van der Waals surface area contributed by atoms with Crippen LogP contribution in [0.3, 0.4) is 0 Å². The molecule has 0 saturated carbocycles. The van der Waals surface area contributed by atoms with Crippen molar-refractivity contribution in [2.45, 2.75) is 56.8 Å². The number of hydrogen-bond acceptors (Lipinski definition) is 6. The number of fused-ring (bicyclic) bond motifs is 1. The summed E-state index contributed by atoms with van der Waals surface area (Å²) in [5, 5.41) is 28.2. The molecule has 0 bridgehead atoms. The number of phenols is 1. The molecule has 11 heteroatoms. The number of benzene rings is 3. The molecule has 3 atom stereocenters. The second kappa shape index (κ2) is 13.9. The minimum absolute atomic E-state index is 0.0360. The van der Waals surface area contributed by atoms with Crippen molar-refractivity contribution < 1.29 is 29.4 Å². The van der Waals surface area contributed by atoms with Gasteiger partial charge in [0.25, 0.3) is 0 Å². The number of phenolic OH excluding ortho intramolecular Hbond substituents is 1. The smallest absolute Gasteiger partial charge is 0.326 e. The predicted octanol–water partition coefficient (Wildman–Crippen LogP) is 2.18. The third-order valence-electron chi connectivity index (χ3n) is 7.26. The van der Waals surface area contributed by atoms with Crippen LogP contribution in [0.5, 0.6) is 5.75 Å². The van der Waals surface area contributed by atoms with E-state index in [-0.39, 0.29) is 25.0 Å². The first-order valence-electron chi connectivity index (χ1n) is 14.2. The number of carboxylic acid groups (broad SMARTS) is 1. The monoisotopic (exact) mass is 599 g/mol. The number of H-pyrrole nitrogens is 1. The minimum Gasteiger partial charge on any atom is -0.508 e. The first-order valence-corrected chi connectivity index (χ1v) is 14.2. The number of carboxylic acids is 1. The van der Waals surface area contributed by atoms with E-state index in [0.717, 1.165) is 22.0 Å². The van der Waals surface area contributed by atoms with Crippen LogP contribution in [0.2, 0.25) is 0 Å². The lowest BCUT2D eigenvalue weighted by atomic mass is 9.99. The summed E-state index contributed by atoms with van der Waals surface area (Å²) < 4.78 is 0. The quantitative estimate of drug-likeness (QED) is 0.123. The highest BCUT2D eigenvalue weighted by molar-refractivity contribution is 5.96. The van der Waals surface area contributed by atoms with Crippen molar-refractivity contribution in [3.8, 4) is 5.75 Å². The second-order valence-electron chi connectivity index (χ2n) is 11.3. The van der Waals surface area contributed by atoms with Crippen LogP contribution in [0.1, 0.15) is 30.7 Å². The largest absolute Gasteiger partial charge is 0.508 e. The minimum atomic E-state index is -1.47. The molecule has 3 amide bonds. The van der Waals surface area contributed by atoms with E-state index in [1.165, 1.54) is 26.0 Å². The molecular weight excluding hydrogens is 562 g/mol. The molecule has 230 valence electrons. The van der Waals surface area contributed by atoms with Crippen LogP contribution in [-0.2, 0) is 38.4 Å². The Morgan fingerprint density at radius 2 is 1.43 bits per heavy atom. The molecule has 0 unspecified atom stereocenters. The summed E-state index contributed by atoms with van der Waals surface area (Å²) in [6.45, 7) is 2.97. The molecule has 4 rings (SSSR count). The summed E-state index contributed by atoms with van der Waals surface area (Å²) in [4.78, 5) is 55.3. The number of carbonyl (C=O) groups excluding carboxylic acids is 3. The standard InChI is InChI=1S/C33H37N5O6/c1-33(2,38-29(40)25(34)16-21-12-14-24(39)15-13-21)32(44)37-27(19-23-18-22-10-6-7-11-26(22)35-23)30(41)36-28(31(42)43)17-20-8-4-3-5-9-20/h3-15,18,25,27-28,35,39H,16-17,19,34H2,1-2H3,(H,36,41)(H,37,44)(H,38,40)(H,42,43)/t25-,27-,28-/m0/s1. The third-order valence-corrected chi connectivity index (χ3v) is 7.26. The maximum atomic E-state index is 13.6. The van der Waals surface area contributed by atoms with E-state index in [9.17, 15) is 29.4 Å². The maximum absolute atomic E-state index is 13.6. The van der Waals surface area contributed by atoms with Crippen LogP contribution in [-0.4, -0.2) is 62.6 Å². The molecule has 11 nitrogen and oxygen atoms in total. The van der Waals surface area contributed by atoms with E-state index in [1.807, 2.05) is 36.4 Å². The summed E-state index contributed by atoms with van der Waals surface area (Å²) in [5.74, 6) is -3.05. The van der Waals surface area contributed by atoms with E-state index in [2.05, 4.69) is 20.9 Å². The van der Waals surface area contributed by atoms with Gasteiger partial charge in [0.15, 0.2) is 0 Å². The normalized spacial score (nSPS) is 13.4. The lowest BCUT2D eigenvalue weighted by molar-refractivity contribution is -0.142. The van der Waals surface area contributed by atoms with Crippen LogP contribution in [0.4, 0.5) is 0 Å². The second-order valence-corrected chi connectivity index (χ2v) is 11.3. The first kappa shape index (κ1) is 31.8. The van der Waals surface area contributed by atoms with Gasteiger partial charge >= 0.3 is 5.97 Å². The average Bonchev–Trinajstić information content (AvgIpc) is 3.40. The molecule has 0 radical (unpaired) electrons. The fourth-order valence-electron chi connectivity index (χ4n) is 4.77. The van der Waals surface area contributed by atoms with Crippen molar-refractivity contribution in [3.63, 3.8) is 0 Å².